The van der Waals surface area contributed by atoms with E-state index in [9.17, 15) is 4.79 Å². The molecule has 1 heterocycles. The molecule has 2 atom stereocenters. The summed E-state index contributed by atoms with van der Waals surface area (Å²) in [6.45, 7) is 0. The Morgan fingerprint density at radius 2 is 1.58 bits per heavy atom. The second-order valence-electron chi connectivity index (χ2n) is 3.19. The average Bonchev–Trinajstić information content (AvgIpc) is 2.32. The first-order valence-electron chi connectivity index (χ1n) is 4.38. The van der Waals surface area contributed by atoms with Crippen molar-refractivity contribution < 1.29 is 14.3 Å². The lowest BCUT2D eigenvalue weighted by molar-refractivity contribution is 0.114. The van der Waals surface area contributed by atoms with E-state index in [2.05, 4.69) is 12.2 Å². The van der Waals surface area contributed by atoms with E-state index in [1.165, 1.54) is 0 Å². The summed E-state index contributed by atoms with van der Waals surface area (Å²) in [4.78, 5) is 10.8. The van der Waals surface area contributed by atoms with E-state index in [1.54, 1.807) is 0 Å². The predicted molar refractivity (Wildman–Crippen MR) is 42.8 cm³/mol. The van der Waals surface area contributed by atoms with Crippen LogP contribution in [0.2, 0.25) is 0 Å². The highest BCUT2D eigenvalue weighted by molar-refractivity contribution is 5.62. The minimum Gasteiger partial charge on any atom is -0.427 e. The molecule has 0 spiro atoms. The smallest absolute Gasteiger partial charge is 0.427 e. The van der Waals surface area contributed by atoms with E-state index in [1.807, 2.05) is 0 Å². The lowest BCUT2D eigenvalue weighted by Crippen LogP contribution is -2.22. The zero-order valence-corrected chi connectivity index (χ0v) is 6.86. The Labute approximate surface area is 71.3 Å². The van der Waals surface area contributed by atoms with Gasteiger partial charge in [-0.05, 0) is 25.7 Å². The molecule has 0 bridgehead atoms. The molecule has 0 amide bonds. The lowest BCUT2D eigenvalue weighted by atomic mass is 10.0. The number of hydrogen-bond donors (Lipinski definition) is 0. The van der Waals surface area contributed by atoms with Crippen molar-refractivity contribution in [2.45, 2.75) is 37.9 Å². The Balaban J connectivity index is 2.02. The van der Waals surface area contributed by atoms with Crippen LogP contribution in [0.4, 0.5) is 4.79 Å². The molecule has 2 rings (SSSR count). The summed E-state index contributed by atoms with van der Waals surface area (Å²) in [5.74, 6) is 0. The molecule has 1 aliphatic heterocycles. The van der Waals surface area contributed by atoms with Gasteiger partial charge in [0.25, 0.3) is 0 Å². The fraction of sp³-hybridized carbons (Fsp3) is 0.667. The van der Waals surface area contributed by atoms with Crippen LogP contribution in [-0.4, -0.2) is 18.4 Å². The highest BCUT2D eigenvalue weighted by Gasteiger charge is 2.35. The number of carbonyl (C=O) groups excluding carboxylic acids is 1. The topological polar surface area (TPSA) is 35.5 Å². The standard InChI is InChI=1S/C9H12O3/c10-9-11-7-5-3-1-2-4-6-8(7)12-9/h1-2,7-8H,3-6H2/b2-1-/t7-,8-/m1/s1. The van der Waals surface area contributed by atoms with Gasteiger partial charge in [-0.25, -0.2) is 4.79 Å². The van der Waals surface area contributed by atoms with Crippen molar-refractivity contribution in [3.8, 4) is 0 Å². The third-order valence-corrected chi connectivity index (χ3v) is 2.31. The third kappa shape index (κ3) is 1.44. The van der Waals surface area contributed by atoms with Crippen LogP contribution in [0, 0.1) is 0 Å². The number of allylic oxidation sites excluding steroid dienone is 2. The monoisotopic (exact) mass is 168 g/mol. The van der Waals surface area contributed by atoms with E-state index >= 15 is 0 Å². The number of ether oxygens (including phenoxy) is 2. The van der Waals surface area contributed by atoms with Crippen LogP contribution >= 0.6 is 0 Å². The van der Waals surface area contributed by atoms with Crippen molar-refractivity contribution in [1.82, 2.24) is 0 Å². The van der Waals surface area contributed by atoms with Crippen molar-refractivity contribution in [3.05, 3.63) is 12.2 Å². The van der Waals surface area contributed by atoms with Gasteiger partial charge in [-0.1, -0.05) is 12.2 Å². The molecule has 0 aromatic heterocycles. The van der Waals surface area contributed by atoms with Crippen molar-refractivity contribution in [1.29, 1.82) is 0 Å². The maximum Gasteiger partial charge on any atom is 0.509 e. The van der Waals surface area contributed by atoms with Crippen LogP contribution < -0.4 is 0 Å². The number of carbonyl (C=O) groups is 1. The van der Waals surface area contributed by atoms with Crippen LogP contribution in [0.5, 0.6) is 0 Å². The molecule has 0 radical (unpaired) electrons. The molecule has 0 unspecified atom stereocenters. The van der Waals surface area contributed by atoms with E-state index in [0.29, 0.717) is 0 Å². The van der Waals surface area contributed by atoms with Crippen LogP contribution in [-0.2, 0) is 9.47 Å². The van der Waals surface area contributed by atoms with E-state index in [0.717, 1.165) is 25.7 Å². The Bertz CT molecular complexity index is 190. The molecule has 0 N–H and O–H groups in total. The van der Waals surface area contributed by atoms with Crippen molar-refractivity contribution in [2.24, 2.45) is 0 Å². The zero-order valence-electron chi connectivity index (χ0n) is 6.86. The summed E-state index contributed by atoms with van der Waals surface area (Å²) in [6, 6.07) is 0. The molecule has 66 valence electrons. The van der Waals surface area contributed by atoms with Gasteiger partial charge < -0.3 is 9.47 Å². The van der Waals surface area contributed by atoms with Gasteiger partial charge in [-0.15, -0.1) is 0 Å². The molecule has 0 aromatic rings. The van der Waals surface area contributed by atoms with Gasteiger partial charge >= 0.3 is 6.16 Å². The Kier molecular flexibility index (Phi) is 2.02. The fourth-order valence-corrected chi connectivity index (χ4v) is 1.67. The highest BCUT2D eigenvalue weighted by Crippen LogP contribution is 2.25. The molecule has 1 aliphatic carbocycles. The van der Waals surface area contributed by atoms with E-state index < -0.39 is 6.16 Å². The Morgan fingerprint density at radius 3 is 2.08 bits per heavy atom. The van der Waals surface area contributed by atoms with Gasteiger partial charge in [0, 0.05) is 0 Å². The molecule has 12 heavy (non-hydrogen) atoms. The highest BCUT2D eigenvalue weighted by atomic mass is 16.8. The van der Waals surface area contributed by atoms with E-state index in [4.69, 9.17) is 9.47 Å². The number of hydrogen-bond acceptors (Lipinski definition) is 3. The molecule has 3 nitrogen and oxygen atoms in total. The molecular formula is C9H12O3. The first-order valence-corrected chi connectivity index (χ1v) is 4.38. The molecule has 1 saturated heterocycles. The average molecular weight is 168 g/mol. The van der Waals surface area contributed by atoms with Crippen molar-refractivity contribution >= 4 is 6.16 Å². The molecule has 3 heteroatoms. The maximum absolute atomic E-state index is 10.8. The number of rotatable bonds is 0. The summed E-state index contributed by atoms with van der Waals surface area (Å²) < 4.78 is 10.0. The SMILES string of the molecule is O=C1O[C@@H]2CC/C=C\CC[C@H]2O1. The summed E-state index contributed by atoms with van der Waals surface area (Å²) in [5, 5.41) is 0. The van der Waals surface area contributed by atoms with Gasteiger partial charge in [0.05, 0.1) is 0 Å². The summed E-state index contributed by atoms with van der Waals surface area (Å²) in [6.07, 6.45) is 7.55. The Hall–Kier alpha value is -0.990. The summed E-state index contributed by atoms with van der Waals surface area (Å²) >= 11 is 0. The summed E-state index contributed by atoms with van der Waals surface area (Å²) in [7, 11) is 0. The molecule has 2 aliphatic rings. The molecule has 0 saturated carbocycles. The van der Waals surface area contributed by atoms with Gasteiger partial charge in [0.1, 0.15) is 12.2 Å². The maximum atomic E-state index is 10.8. The predicted octanol–water partition coefficient (Wildman–Crippen LogP) is 2.02. The Morgan fingerprint density at radius 1 is 1.08 bits per heavy atom. The lowest BCUT2D eigenvalue weighted by Gasteiger charge is -2.15. The minimum atomic E-state index is -0.494. The normalized spacial score (nSPS) is 37.2. The zero-order chi connectivity index (χ0) is 8.39. The largest absolute Gasteiger partial charge is 0.509 e. The van der Waals surface area contributed by atoms with Crippen LogP contribution in [0.1, 0.15) is 25.7 Å². The summed E-state index contributed by atoms with van der Waals surface area (Å²) in [5.41, 5.74) is 0. The molecule has 1 fully saturated rings. The second kappa shape index (κ2) is 3.17. The minimum absolute atomic E-state index is 0.00227. The van der Waals surface area contributed by atoms with Crippen LogP contribution in [0.3, 0.4) is 0 Å². The van der Waals surface area contributed by atoms with Gasteiger partial charge in [0.15, 0.2) is 0 Å². The van der Waals surface area contributed by atoms with Gasteiger partial charge in [-0.2, -0.15) is 0 Å². The molecule has 0 aromatic carbocycles. The van der Waals surface area contributed by atoms with Crippen LogP contribution in [0.25, 0.3) is 0 Å². The second-order valence-corrected chi connectivity index (χ2v) is 3.19. The first-order chi connectivity index (χ1) is 5.86. The van der Waals surface area contributed by atoms with Gasteiger partial charge in [-0.3, -0.25) is 0 Å². The third-order valence-electron chi connectivity index (χ3n) is 2.31. The first kappa shape index (κ1) is 7.65. The van der Waals surface area contributed by atoms with E-state index in [-0.39, 0.29) is 12.2 Å². The fourth-order valence-electron chi connectivity index (χ4n) is 1.67. The number of fused-ring (bicyclic) bond motifs is 1. The van der Waals surface area contributed by atoms with Crippen molar-refractivity contribution in [2.75, 3.05) is 0 Å². The van der Waals surface area contributed by atoms with Crippen LogP contribution in [0.15, 0.2) is 12.2 Å². The van der Waals surface area contributed by atoms with Gasteiger partial charge in [0.2, 0.25) is 0 Å². The van der Waals surface area contributed by atoms with Crippen molar-refractivity contribution in [3.63, 3.8) is 0 Å². The quantitative estimate of drug-likeness (QED) is 0.410. The molecular weight excluding hydrogens is 156 g/mol.